The Morgan fingerprint density at radius 3 is 1.42 bits per heavy atom. The zero-order valence-corrected chi connectivity index (χ0v) is 43.3. The molecule has 10 heteroatoms. The average molecular weight is 924 g/mol. The maximum atomic E-state index is 5.24. The van der Waals surface area contributed by atoms with E-state index in [0.29, 0.717) is 0 Å². The number of thiophene rings is 1. The lowest BCUT2D eigenvalue weighted by Gasteiger charge is -2.18. The van der Waals surface area contributed by atoms with Crippen molar-refractivity contribution in [3.05, 3.63) is 148 Å². The molecule has 10 rings (SSSR count). The number of aromatic nitrogens is 5. The number of thiazole rings is 2. The lowest BCUT2D eigenvalue weighted by molar-refractivity contribution is 0.580. The normalized spacial score (nSPS) is 12.2. The Morgan fingerprint density at radius 2 is 0.785 bits per heavy atom. The van der Waals surface area contributed by atoms with Gasteiger partial charge in [0, 0.05) is 6.20 Å². The summed E-state index contributed by atoms with van der Waals surface area (Å²) in [6.45, 7) is 33.1. The minimum atomic E-state index is 0.168. The van der Waals surface area contributed by atoms with E-state index in [2.05, 4.69) is 207 Å². The Kier molecular flexibility index (Phi) is 14.9. The van der Waals surface area contributed by atoms with Gasteiger partial charge < -0.3 is 8.83 Å². The van der Waals surface area contributed by atoms with Crippen LogP contribution in [0.2, 0.25) is 0 Å². The van der Waals surface area contributed by atoms with Gasteiger partial charge in [-0.25, -0.2) is 19.9 Å². The van der Waals surface area contributed by atoms with Crippen molar-refractivity contribution in [2.75, 3.05) is 0 Å². The predicted molar refractivity (Wildman–Crippen MR) is 280 cm³/mol. The van der Waals surface area contributed by atoms with Crippen LogP contribution in [0, 0.1) is 0 Å². The SMILES string of the molecule is CC(C)(C)c1ccc2ncoc2c1.CC(C)(C)c1ccc2ncsc2c1.CC(C)(C)c1ccc2ocnc2c1.CC(C)(C)c1ccc2scnc2c1.CC(C)(C)c1cnc2ccsc2c1. The number of hydrogen-bond donors (Lipinski definition) is 0. The summed E-state index contributed by atoms with van der Waals surface area (Å²) in [5.74, 6) is 0. The Balaban J connectivity index is 0.000000135. The zero-order chi connectivity index (χ0) is 47.4. The van der Waals surface area contributed by atoms with Crippen LogP contribution >= 0.6 is 34.0 Å². The molecule has 65 heavy (non-hydrogen) atoms. The lowest BCUT2D eigenvalue weighted by Crippen LogP contribution is -2.10. The predicted octanol–water partition coefficient (Wildman–Crippen LogP) is 17.0. The summed E-state index contributed by atoms with van der Waals surface area (Å²) in [4.78, 5) is 21.2. The number of oxazole rings is 2. The Bertz CT molecular complexity index is 2610. The number of nitrogens with zero attached hydrogens (tertiary/aromatic N) is 5. The van der Waals surface area contributed by atoms with Crippen LogP contribution in [0.25, 0.3) is 52.8 Å². The lowest BCUT2D eigenvalue weighted by atomic mass is 9.87. The second kappa shape index (κ2) is 19.7. The van der Waals surface area contributed by atoms with Crippen molar-refractivity contribution in [1.29, 1.82) is 0 Å². The third-order valence-corrected chi connectivity index (χ3v) is 13.4. The van der Waals surface area contributed by atoms with E-state index in [-0.39, 0.29) is 27.1 Å². The number of fused-ring (bicyclic) bond motifs is 5. The standard InChI is InChI=1S/2C11H13NO.3C11H13NS/c1-11(2,3)8-4-5-10-9(6-8)12-7-13-10;1-11(2,3)8-4-5-9-10(6-8)13-7-12-9;1-11(2,3)8-6-10-9(12-7-8)4-5-13-10;1-11(2,3)8-4-5-10-9(6-8)12-7-13-10;1-11(2,3)8-4-5-9-10(6-8)13-7-12-9/h5*4-7H,1-3H3. The van der Waals surface area contributed by atoms with Crippen molar-refractivity contribution in [3.8, 4) is 0 Å². The van der Waals surface area contributed by atoms with Gasteiger partial charge in [0.2, 0.25) is 0 Å². The van der Waals surface area contributed by atoms with Gasteiger partial charge in [0.25, 0.3) is 0 Å². The van der Waals surface area contributed by atoms with Crippen molar-refractivity contribution in [2.45, 2.75) is 131 Å². The molecule has 0 spiro atoms. The van der Waals surface area contributed by atoms with Crippen molar-refractivity contribution in [3.63, 3.8) is 0 Å². The van der Waals surface area contributed by atoms with Crippen molar-refractivity contribution in [1.82, 2.24) is 24.9 Å². The molecule has 0 fully saturated rings. The topological polar surface area (TPSA) is 90.7 Å². The molecule has 0 saturated heterocycles. The highest BCUT2D eigenvalue weighted by atomic mass is 32.1. The molecule has 0 unspecified atom stereocenters. The van der Waals surface area contributed by atoms with E-state index in [4.69, 9.17) is 8.83 Å². The summed E-state index contributed by atoms with van der Waals surface area (Å²) in [5, 5.41) is 2.09. The van der Waals surface area contributed by atoms with Gasteiger partial charge in [0.1, 0.15) is 11.0 Å². The molecule has 0 bridgehead atoms. The molecule has 0 aliphatic carbocycles. The van der Waals surface area contributed by atoms with E-state index < -0.39 is 0 Å². The first-order valence-electron chi connectivity index (χ1n) is 22.0. The Hall–Kier alpha value is -5.29. The summed E-state index contributed by atoms with van der Waals surface area (Å²) >= 11 is 5.16. The van der Waals surface area contributed by atoms with Crippen molar-refractivity contribution < 1.29 is 8.83 Å². The first-order chi connectivity index (χ1) is 30.4. The summed E-state index contributed by atoms with van der Waals surface area (Å²) in [7, 11) is 0. The molecule has 0 aliphatic heterocycles. The van der Waals surface area contributed by atoms with Gasteiger partial charge in [0.05, 0.1) is 41.7 Å². The molecule has 6 heterocycles. The van der Waals surface area contributed by atoms with E-state index in [1.165, 1.54) is 54.7 Å². The fourth-order valence-corrected chi connectivity index (χ4v) is 8.70. The smallest absolute Gasteiger partial charge is 0.181 e. The zero-order valence-electron chi connectivity index (χ0n) is 40.8. The molecule has 6 aromatic heterocycles. The maximum absolute atomic E-state index is 5.24. The maximum Gasteiger partial charge on any atom is 0.181 e. The van der Waals surface area contributed by atoms with Crippen LogP contribution in [0.1, 0.15) is 132 Å². The van der Waals surface area contributed by atoms with Crippen LogP contribution in [0.5, 0.6) is 0 Å². The van der Waals surface area contributed by atoms with Crippen molar-refractivity contribution in [2.24, 2.45) is 0 Å². The van der Waals surface area contributed by atoms with E-state index in [1.807, 2.05) is 29.4 Å². The fourth-order valence-electron chi connectivity index (χ4n) is 6.55. The van der Waals surface area contributed by atoms with Gasteiger partial charge >= 0.3 is 0 Å². The minimum Gasteiger partial charge on any atom is -0.443 e. The average Bonchev–Trinajstić information content (AvgIpc) is 4.09. The van der Waals surface area contributed by atoms with E-state index in [0.717, 1.165) is 38.7 Å². The van der Waals surface area contributed by atoms with Crippen LogP contribution < -0.4 is 0 Å². The number of pyridine rings is 1. The number of hydrogen-bond acceptors (Lipinski definition) is 10. The van der Waals surface area contributed by atoms with E-state index >= 15 is 0 Å². The summed E-state index contributed by atoms with van der Waals surface area (Å²) in [6.07, 6.45) is 4.95. The third-order valence-electron chi connectivity index (χ3n) is 11.0. The molecule has 10 aromatic rings. The van der Waals surface area contributed by atoms with Crippen LogP contribution in [0.4, 0.5) is 0 Å². The largest absolute Gasteiger partial charge is 0.443 e. The van der Waals surface area contributed by atoms with Gasteiger partial charge in [-0.1, -0.05) is 128 Å². The quantitative estimate of drug-likeness (QED) is 0.150. The van der Waals surface area contributed by atoms with Crippen LogP contribution in [0.15, 0.2) is 129 Å². The van der Waals surface area contributed by atoms with E-state index in [9.17, 15) is 0 Å². The Labute approximate surface area is 397 Å². The first kappa shape index (κ1) is 49.2. The molecule has 0 N–H and O–H groups in total. The highest BCUT2D eigenvalue weighted by molar-refractivity contribution is 7.17. The van der Waals surface area contributed by atoms with Crippen LogP contribution in [-0.4, -0.2) is 24.9 Å². The molecule has 0 saturated carbocycles. The molecule has 340 valence electrons. The van der Waals surface area contributed by atoms with Gasteiger partial charge in [0.15, 0.2) is 24.0 Å². The minimum absolute atomic E-state index is 0.168. The molecule has 0 amide bonds. The molecule has 4 aromatic carbocycles. The highest BCUT2D eigenvalue weighted by Gasteiger charge is 2.18. The molecule has 0 atom stereocenters. The van der Waals surface area contributed by atoms with Gasteiger partial charge in [-0.2, -0.15) is 0 Å². The highest BCUT2D eigenvalue weighted by Crippen LogP contribution is 2.30. The molecular formula is C55H65N5O2S3. The van der Waals surface area contributed by atoms with Crippen LogP contribution in [0.3, 0.4) is 0 Å². The number of benzene rings is 4. The summed E-state index contributed by atoms with van der Waals surface area (Å²) in [5.41, 5.74) is 18.3. The van der Waals surface area contributed by atoms with Gasteiger partial charge in [-0.05, 0) is 121 Å². The molecular weight excluding hydrogens is 859 g/mol. The second-order valence-electron chi connectivity index (χ2n) is 21.4. The Morgan fingerprint density at radius 1 is 0.338 bits per heavy atom. The van der Waals surface area contributed by atoms with Gasteiger partial charge in [-0.15, -0.1) is 34.0 Å². The molecule has 0 aliphatic rings. The second-order valence-corrected chi connectivity index (χ2v) is 24.1. The fraction of sp³-hybridized carbons (Fsp3) is 0.364. The first-order valence-corrected chi connectivity index (χ1v) is 24.7. The monoisotopic (exact) mass is 923 g/mol. The van der Waals surface area contributed by atoms with Gasteiger partial charge in [-0.3, -0.25) is 4.98 Å². The summed E-state index contributed by atoms with van der Waals surface area (Å²) in [6, 6.07) is 29.7. The third kappa shape index (κ3) is 13.2. The van der Waals surface area contributed by atoms with Crippen LogP contribution in [-0.2, 0) is 27.1 Å². The van der Waals surface area contributed by atoms with Crippen molar-refractivity contribution >= 4 is 86.9 Å². The molecule has 0 radical (unpaired) electrons. The molecule has 7 nitrogen and oxygen atoms in total. The number of rotatable bonds is 0. The van der Waals surface area contributed by atoms with E-state index in [1.54, 1.807) is 34.0 Å². The summed E-state index contributed by atoms with van der Waals surface area (Å²) < 4.78 is 14.3.